The van der Waals surface area contributed by atoms with Gasteiger partial charge in [-0.25, -0.2) is 4.79 Å². The summed E-state index contributed by atoms with van der Waals surface area (Å²) in [5.41, 5.74) is 0.480. The molecule has 0 radical (unpaired) electrons. The first kappa shape index (κ1) is 14.5. The molecule has 0 saturated carbocycles. The van der Waals surface area contributed by atoms with Gasteiger partial charge in [0.25, 0.3) is 0 Å². The first-order chi connectivity index (χ1) is 8.15. The van der Waals surface area contributed by atoms with Gasteiger partial charge in [0.05, 0.1) is 12.2 Å². The van der Waals surface area contributed by atoms with Crippen LogP contribution in [0.2, 0.25) is 0 Å². The van der Waals surface area contributed by atoms with Gasteiger partial charge in [-0.1, -0.05) is 6.92 Å². The van der Waals surface area contributed by atoms with Crippen LogP contribution in [0.5, 0.6) is 0 Å². The van der Waals surface area contributed by atoms with Crippen molar-refractivity contribution >= 4 is 34.5 Å². The number of hydrogen-bond acceptors (Lipinski definition) is 4. The second kappa shape index (κ2) is 7.74. The molecule has 0 fully saturated rings. The average Bonchev–Trinajstić information content (AvgIpc) is 2.32. The first-order valence-corrected chi connectivity index (χ1v) is 6.62. The Balaban J connectivity index is 2.44. The number of esters is 1. The van der Waals surface area contributed by atoms with Crippen LogP contribution in [-0.4, -0.2) is 25.8 Å². The van der Waals surface area contributed by atoms with Crippen LogP contribution in [-0.2, 0) is 9.47 Å². The van der Waals surface area contributed by atoms with Crippen molar-refractivity contribution in [3.8, 4) is 0 Å². The summed E-state index contributed by atoms with van der Waals surface area (Å²) in [6, 6.07) is 5.24. The zero-order chi connectivity index (χ0) is 12.7. The van der Waals surface area contributed by atoms with Crippen LogP contribution in [0.3, 0.4) is 0 Å². The van der Waals surface area contributed by atoms with Crippen LogP contribution >= 0.6 is 28.6 Å². The zero-order valence-corrected chi connectivity index (χ0v) is 12.1. The van der Waals surface area contributed by atoms with Gasteiger partial charge in [-0.05, 0) is 40.5 Å². The smallest absolute Gasteiger partial charge is 0.339 e. The van der Waals surface area contributed by atoms with Gasteiger partial charge in [-0.15, -0.1) is 12.6 Å². The molecule has 3 nitrogen and oxygen atoms in total. The highest BCUT2D eigenvalue weighted by Gasteiger charge is 2.11. The lowest BCUT2D eigenvalue weighted by Gasteiger charge is -2.07. The van der Waals surface area contributed by atoms with E-state index in [1.807, 2.05) is 6.92 Å². The molecule has 0 N–H and O–H groups in total. The summed E-state index contributed by atoms with van der Waals surface area (Å²) in [5.74, 6) is -0.368. The van der Waals surface area contributed by atoms with E-state index in [4.69, 9.17) is 9.47 Å². The van der Waals surface area contributed by atoms with Crippen LogP contribution in [0.4, 0.5) is 0 Å². The van der Waals surface area contributed by atoms with E-state index < -0.39 is 0 Å². The molecule has 1 rings (SSSR count). The van der Waals surface area contributed by atoms with E-state index >= 15 is 0 Å². The fourth-order valence-corrected chi connectivity index (χ4v) is 1.80. The summed E-state index contributed by atoms with van der Waals surface area (Å²) in [6.07, 6.45) is 0.960. The number of carbonyl (C=O) groups excluding carboxylic acids is 1. The molecular formula is C12H15BrO3S. The van der Waals surface area contributed by atoms with Gasteiger partial charge >= 0.3 is 5.97 Å². The summed E-state index contributed by atoms with van der Waals surface area (Å²) in [6.45, 7) is 3.41. The standard InChI is InChI=1S/C12H15BrO3S/c1-2-5-15-6-7-16-12(14)10-8-9(17)3-4-11(10)13/h3-4,8,17H,2,5-7H2,1H3. The van der Waals surface area contributed by atoms with Crippen LogP contribution in [0.1, 0.15) is 23.7 Å². The summed E-state index contributed by atoms with van der Waals surface area (Å²) in [4.78, 5) is 12.4. The van der Waals surface area contributed by atoms with Crippen LogP contribution in [0.25, 0.3) is 0 Å². The molecule has 94 valence electrons. The molecule has 5 heteroatoms. The Morgan fingerprint density at radius 2 is 2.12 bits per heavy atom. The van der Waals surface area contributed by atoms with Gasteiger partial charge in [0.2, 0.25) is 0 Å². The van der Waals surface area contributed by atoms with Gasteiger partial charge in [0.15, 0.2) is 0 Å². The fourth-order valence-electron chi connectivity index (χ4n) is 1.19. The number of carbonyl (C=O) groups is 1. The zero-order valence-electron chi connectivity index (χ0n) is 9.61. The van der Waals surface area contributed by atoms with Gasteiger partial charge in [0.1, 0.15) is 6.61 Å². The molecule has 1 aromatic carbocycles. The number of rotatable bonds is 6. The van der Waals surface area contributed by atoms with E-state index in [1.54, 1.807) is 18.2 Å². The summed E-state index contributed by atoms with van der Waals surface area (Å²) >= 11 is 7.48. The molecule has 0 aromatic heterocycles. The van der Waals surface area contributed by atoms with Gasteiger partial charge in [-0.3, -0.25) is 0 Å². The highest BCUT2D eigenvalue weighted by Crippen LogP contribution is 2.20. The van der Waals surface area contributed by atoms with Crippen molar-refractivity contribution in [1.82, 2.24) is 0 Å². The monoisotopic (exact) mass is 318 g/mol. The number of benzene rings is 1. The molecule has 0 spiro atoms. The molecule has 0 atom stereocenters. The SMILES string of the molecule is CCCOCCOC(=O)c1cc(S)ccc1Br. The second-order valence-corrected chi connectivity index (χ2v) is 4.78. The lowest BCUT2D eigenvalue weighted by atomic mass is 10.2. The van der Waals surface area contributed by atoms with E-state index in [1.165, 1.54) is 0 Å². The number of hydrogen-bond donors (Lipinski definition) is 1. The van der Waals surface area contributed by atoms with Crippen LogP contribution < -0.4 is 0 Å². The van der Waals surface area contributed by atoms with Crippen LogP contribution in [0, 0.1) is 0 Å². The lowest BCUT2D eigenvalue weighted by Crippen LogP contribution is -2.11. The van der Waals surface area contributed by atoms with Crippen molar-refractivity contribution < 1.29 is 14.3 Å². The number of ether oxygens (including phenoxy) is 2. The van der Waals surface area contributed by atoms with Gasteiger partial charge < -0.3 is 9.47 Å². The number of halogens is 1. The molecule has 0 amide bonds. The summed E-state index contributed by atoms with van der Waals surface area (Å²) in [5, 5.41) is 0. The second-order valence-electron chi connectivity index (χ2n) is 3.41. The maximum Gasteiger partial charge on any atom is 0.339 e. The highest BCUT2D eigenvalue weighted by molar-refractivity contribution is 9.10. The van der Waals surface area contributed by atoms with E-state index in [0.29, 0.717) is 23.2 Å². The third-order valence-corrected chi connectivity index (χ3v) is 2.95. The molecule has 0 bridgehead atoms. The predicted molar refractivity (Wildman–Crippen MR) is 72.8 cm³/mol. The van der Waals surface area contributed by atoms with Crippen LogP contribution in [0.15, 0.2) is 27.6 Å². The third kappa shape index (κ3) is 5.10. The average molecular weight is 319 g/mol. The molecule has 0 saturated heterocycles. The Kier molecular flexibility index (Phi) is 6.62. The normalized spacial score (nSPS) is 10.3. The predicted octanol–water partition coefficient (Wildman–Crippen LogP) is 3.32. The molecule has 0 aliphatic carbocycles. The quantitative estimate of drug-likeness (QED) is 0.496. The fraction of sp³-hybridized carbons (Fsp3) is 0.417. The molecule has 0 aliphatic heterocycles. The molecular weight excluding hydrogens is 304 g/mol. The van der Waals surface area contributed by atoms with E-state index in [9.17, 15) is 4.79 Å². The highest BCUT2D eigenvalue weighted by atomic mass is 79.9. The summed E-state index contributed by atoms with van der Waals surface area (Å²) < 4.78 is 11.0. The van der Waals surface area contributed by atoms with Crippen molar-refractivity contribution in [3.05, 3.63) is 28.2 Å². The molecule has 1 aromatic rings. The van der Waals surface area contributed by atoms with Gasteiger partial charge in [0, 0.05) is 16.0 Å². The Morgan fingerprint density at radius 1 is 1.35 bits per heavy atom. The van der Waals surface area contributed by atoms with Crippen molar-refractivity contribution in [1.29, 1.82) is 0 Å². The van der Waals surface area contributed by atoms with E-state index in [0.717, 1.165) is 11.3 Å². The van der Waals surface area contributed by atoms with E-state index in [2.05, 4.69) is 28.6 Å². The van der Waals surface area contributed by atoms with Crippen molar-refractivity contribution in [3.63, 3.8) is 0 Å². The van der Waals surface area contributed by atoms with Crippen molar-refractivity contribution in [2.75, 3.05) is 19.8 Å². The Bertz CT molecular complexity index is 382. The van der Waals surface area contributed by atoms with E-state index in [-0.39, 0.29) is 12.6 Å². The largest absolute Gasteiger partial charge is 0.460 e. The Hall–Kier alpha value is -0.520. The molecule has 17 heavy (non-hydrogen) atoms. The third-order valence-electron chi connectivity index (χ3n) is 1.98. The van der Waals surface area contributed by atoms with Gasteiger partial charge in [-0.2, -0.15) is 0 Å². The Morgan fingerprint density at radius 3 is 2.82 bits per heavy atom. The maximum atomic E-state index is 11.7. The topological polar surface area (TPSA) is 35.5 Å². The summed E-state index contributed by atoms with van der Waals surface area (Å²) in [7, 11) is 0. The maximum absolute atomic E-state index is 11.7. The van der Waals surface area contributed by atoms with Crippen molar-refractivity contribution in [2.45, 2.75) is 18.2 Å². The minimum Gasteiger partial charge on any atom is -0.460 e. The Labute approximate surface area is 115 Å². The van der Waals surface area contributed by atoms with Crippen molar-refractivity contribution in [2.24, 2.45) is 0 Å². The minimum atomic E-state index is -0.368. The lowest BCUT2D eigenvalue weighted by molar-refractivity contribution is 0.0317. The first-order valence-electron chi connectivity index (χ1n) is 5.38. The minimum absolute atomic E-state index is 0.266. The molecule has 0 heterocycles. The molecule has 0 unspecified atom stereocenters. The number of thiol groups is 1. The molecule has 0 aliphatic rings.